The van der Waals surface area contributed by atoms with Gasteiger partial charge in [-0.15, -0.1) is 13.2 Å². The van der Waals surface area contributed by atoms with Crippen molar-refractivity contribution in [3.05, 3.63) is 52.3 Å². The molecular weight excluding hydrogens is 373 g/mol. The summed E-state index contributed by atoms with van der Waals surface area (Å²) in [5.41, 5.74) is 2.33. The number of Topliss-reactive ketones (excluding diaryl/α,β-unsaturated/α-hetero) is 2. The fourth-order valence-electron chi connectivity index (χ4n) is 3.20. The highest BCUT2D eigenvalue weighted by molar-refractivity contribution is 6.05. The average molecular weight is 396 g/mol. The molecule has 0 spiro atoms. The van der Waals surface area contributed by atoms with Gasteiger partial charge in [0.2, 0.25) is 0 Å². The highest BCUT2D eigenvalue weighted by Gasteiger charge is 2.32. The van der Waals surface area contributed by atoms with E-state index >= 15 is 0 Å². The van der Waals surface area contributed by atoms with Gasteiger partial charge in [-0.25, -0.2) is 0 Å². The Morgan fingerprint density at radius 3 is 2.36 bits per heavy atom. The summed E-state index contributed by atoms with van der Waals surface area (Å²) >= 11 is 0. The lowest BCUT2D eigenvalue weighted by Gasteiger charge is -2.24. The number of ketones is 2. The molecule has 2 aromatic rings. The minimum absolute atomic E-state index is 0.0808. The van der Waals surface area contributed by atoms with E-state index in [1.807, 2.05) is 0 Å². The van der Waals surface area contributed by atoms with Gasteiger partial charge in [-0.1, -0.05) is 18.2 Å². The first-order chi connectivity index (χ1) is 12.9. The topological polar surface area (TPSA) is 62.4 Å². The number of nitrogens with one attached hydrogen (secondary N) is 1. The number of carbonyl (C=O) groups is 2. The van der Waals surface area contributed by atoms with E-state index in [1.54, 1.807) is 38.8 Å². The molecule has 1 N–H and O–H groups in total. The number of H-pyrrole nitrogens is 1. The molecule has 0 aliphatic heterocycles. The van der Waals surface area contributed by atoms with Gasteiger partial charge in [-0.3, -0.25) is 14.5 Å². The molecule has 0 radical (unpaired) electrons. The predicted octanol–water partition coefficient (Wildman–Crippen LogP) is 4.44. The van der Waals surface area contributed by atoms with Gasteiger partial charge in [0.1, 0.15) is 5.75 Å². The fourth-order valence-corrected chi connectivity index (χ4v) is 3.20. The largest absolute Gasteiger partial charge is 0.573 e. The average Bonchev–Trinajstić information content (AvgIpc) is 2.88. The number of aromatic amines is 1. The van der Waals surface area contributed by atoms with Crippen LogP contribution in [0.3, 0.4) is 0 Å². The van der Waals surface area contributed by atoms with Crippen LogP contribution in [0, 0.1) is 13.8 Å². The van der Waals surface area contributed by atoms with Gasteiger partial charge in [0.15, 0.2) is 11.6 Å². The summed E-state index contributed by atoms with van der Waals surface area (Å²) in [6.07, 6.45) is -4.79. The van der Waals surface area contributed by atoms with Crippen LogP contribution in [-0.4, -0.2) is 40.9 Å². The lowest BCUT2D eigenvalue weighted by molar-refractivity contribution is -0.275. The first-order valence-corrected chi connectivity index (χ1v) is 8.70. The molecule has 0 saturated heterocycles. The zero-order valence-corrected chi connectivity index (χ0v) is 16.4. The van der Waals surface area contributed by atoms with Crippen molar-refractivity contribution in [1.29, 1.82) is 0 Å². The number of aromatic nitrogens is 1. The molecule has 5 nitrogen and oxygen atoms in total. The SMILES string of the molecule is CC(=O)c1c(C)[nH]c(C(=O)C(C)N(C)Cc2ccccc2OC(F)(F)F)c1C. The maximum Gasteiger partial charge on any atom is 0.573 e. The Balaban J connectivity index is 2.22. The van der Waals surface area contributed by atoms with Crippen LogP contribution in [0.2, 0.25) is 0 Å². The Bertz CT molecular complexity index is 887. The molecule has 8 heteroatoms. The molecule has 0 bridgehead atoms. The number of benzene rings is 1. The monoisotopic (exact) mass is 396 g/mol. The van der Waals surface area contributed by atoms with Gasteiger partial charge in [0.05, 0.1) is 11.7 Å². The number of hydrogen-bond donors (Lipinski definition) is 1. The second-order valence-electron chi connectivity index (χ2n) is 6.79. The van der Waals surface area contributed by atoms with Crippen molar-refractivity contribution >= 4 is 11.6 Å². The molecule has 0 aliphatic carbocycles. The normalized spacial score (nSPS) is 12.9. The number of halogens is 3. The molecule has 1 heterocycles. The van der Waals surface area contributed by atoms with Crippen molar-refractivity contribution in [1.82, 2.24) is 9.88 Å². The molecule has 152 valence electrons. The molecule has 1 aromatic heterocycles. The lowest BCUT2D eigenvalue weighted by Crippen LogP contribution is -2.36. The van der Waals surface area contributed by atoms with E-state index in [-0.39, 0.29) is 23.9 Å². The quantitative estimate of drug-likeness (QED) is 0.703. The molecule has 0 aliphatic rings. The van der Waals surface area contributed by atoms with E-state index < -0.39 is 12.4 Å². The second-order valence-corrected chi connectivity index (χ2v) is 6.79. The van der Waals surface area contributed by atoms with E-state index in [0.717, 1.165) is 0 Å². The van der Waals surface area contributed by atoms with Crippen LogP contribution in [-0.2, 0) is 6.54 Å². The molecule has 2 rings (SSSR count). The van der Waals surface area contributed by atoms with Crippen LogP contribution in [0.15, 0.2) is 24.3 Å². The van der Waals surface area contributed by atoms with Crippen molar-refractivity contribution in [3.8, 4) is 5.75 Å². The third kappa shape index (κ3) is 4.81. The number of nitrogens with zero attached hydrogens (tertiary/aromatic N) is 1. The molecule has 0 amide bonds. The minimum Gasteiger partial charge on any atom is -0.405 e. The van der Waals surface area contributed by atoms with E-state index in [0.29, 0.717) is 28.1 Å². The fraction of sp³-hybridized carbons (Fsp3) is 0.400. The summed E-state index contributed by atoms with van der Waals surface area (Å²) in [4.78, 5) is 29.3. The lowest BCUT2D eigenvalue weighted by atomic mass is 10.0. The number of hydrogen-bond acceptors (Lipinski definition) is 4. The third-order valence-electron chi connectivity index (χ3n) is 4.69. The van der Waals surface area contributed by atoms with Crippen molar-refractivity contribution in [2.24, 2.45) is 0 Å². The van der Waals surface area contributed by atoms with Crippen LogP contribution >= 0.6 is 0 Å². The van der Waals surface area contributed by atoms with Crippen LogP contribution in [0.1, 0.15) is 51.5 Å². The number of para-hydroxylation sites is 1. The molecule has 1 aromatic carbocycles. The number of carbonyl (C=O) groups excluding carboxylic acids is 2. The van der Waals surface area contributed by atoms with Crippen LogP contribution < -0.4 is 4.74 Å². The van der Waals surface area contributed by atoms with Gasteiger partial charge in [-0.2, -0.15) is 0 Å². The zero-order chi connectivity index (χ0) is 21.2. The number of alkyl halides is 3. The second kappa shape index (κ2) is 8.18. The van der Waals surface area contributed by atoms with E-state index in [4.69, 9.17) is 0 Å². The number of aryl methyl sites for hydroxylation is 1. The van der Waals surface area contributed by atoms with Crippen molar-refractivity contribution in [2.75, 3.05) is 7.05 Å². The number of ether oxygens (including phenoxy) is 1. The van der Waals surface area contributed by atoms with Gasteiger partial charge < -0.3 is 9.72 Å². The zero-order valence-electron chi connectivity index (χ0n) is 16.4. The molecule has 0 fully saturated rings. The van der Waals surface area contributed by atoms with E-state index in [2.05, 4.69) is 9.72 Å². The summed E-state index contributed by atoms with van der Waals surface area (Å²) in [6, 6.07) is 5.19. The van der Waals surface area contributed by atoms with Crippen molar-refractivity contribution in [3.63, 3.8) is 0 Å². The van der Waals surface area contributed by atoms with E-state index in [9.17, 15) is 22.8 Å². The Hall–Kier alpha value is -2.61. The summed E-state index contributed by atoms with van der Waals surface area (Å²) < 4.78 is 41.9. The first kappa shape index (κ1) is 21.7. The smallest absolute Gasteiger partial charge is 0.405 e. The molecule has 0 saturated carbocycles. The van der Waals surface area contributed by atoms with Gasteiger partial charge in [0, 0.05) is 23.4 Å². The van der Waals surface area contributed by atoms with Gasteiger partial charge in [0.25, 0.3) is 0 Å². The van der Waals surface area contributed by atoms with Crippen LogP contribution in [0.4, 0.5) is 13.2 Å². The maximum absolute atomic E-state index is 12.9. The third-order valence-corrected chi connectivity index (χ3v) is 4.69. The van der Waals surface area contributed by atoms with Crippen LogP contribution in [0.5, 0.6) is 5.75 Å². The summed E-state index contributed by atoms with van der Waals surface area (Å²) in [7, 11) is 1.64. The van der Waals surface area contributed by atoms with E-state index in [1.165, 1.54) is 25.1 Å². The van der Waals surface area contributed by atoms with Gasteiger partial charge in [-0.05, 0) is 46.4 Å². The summed E-state index contributed by atoms with van der Waals surface area (Å²) in [5.74, 6) is -0.679. The number of rotatable bonds is 7. The summed E-state index contributed by atoms with van der Waals surface area (Å²) in [5, 5.41) is 0. The highest BCUT2D eigenvalue weighted by Crippen LogP contribution is 2.28. The van der Waals surface area contributed by atoms with Crippen molar-refractivity contribution in [2.45, 2.75) is 46.6 Å². The minimum atomic E-state index is -4.79. The van der Waals surface area contributed by atoms with Crippen molar-refractivity contribution < 1.29 is 27.5 Å². The molecule has 1 unspecified atom stereocenters. The molecule has 1 atom stereocenters. The first-order valence-electron chi connectivity index (χ1n) is 8.70. The predicted molar refractivity (Wildman–Crippen MR) is 98.7 cm³/mol. The highest BCUT2D eigenvalue weighted by atomic mass is 19.4. The Labute approximate surface area is 161 Å². The molecule has 28 heavy (non-hydrogen) atoms. The van der Waals surface area contributed by atoms with Crippen LogP contribution in [0.25, 0.3) is 0 Å². The number of likely N-dealkylation sites (N-methyl/N-ethyl adjacent to an activating group) is 1. The maximum atomic E-state index is 12.9. The Morgan fingerprint density at radius 1 is 1.21 bits per heavy atom. The Morgan fingerprint density at radius 2 is 1.82 bits per heavy atom. The summed E-state index contributed by atoms with van der Waals surface area (Å²) in [6.45, 7) is 6.60. The van der Waals surface area contributed by atoms with Gasteiger partial charge >= 0.3 is 6.36 Å². The standard InChI is InChI=1S/C20H23F3N2O3/c1-11-17(14(4)26)12(2)24-18(11)19(27)13(3)25(5)10-15-8-6-7-9-16(15)28-20(21,22)23/h6-9,13,24H,10H2,1-5H3. The molecular formula is C20H23F3N2O3. The Kier molecular flexibility index (Phi) is 6.34.